The summed E-state index contributed by atoms with van der Waals surface area (Å²) in [5.74, 6) is 0.155. The SMILES string of the molecule is NC1CC(Oc2nccn3nc(C(F)(F)F)cc23)C1. The molecule has 2 aromatic rings. The van der Waals surface area contributed by atoms with Gasteiger partial charge in [-0.25, -0.2) is 9.50 Å². The molecule has 0 spiro atoms. The monoisotopic (exact) mass is 272 g/mol. The van der Waals surface area contributed by atoms with E-state index in [-0.39, 0.29) is 23.5 Å². The van der Waals surface area contributed by atoms with Gasteiger partial charge in [0.25, 0.3) is 0 Å². The van der Waals surface area contributed by atoms with Crippen LogP contribution < -0.4 is 10.5 Å². The summed E-state index contributed by atoms with van der Waals surface area (Å²) in [6.45, 7) is 0. The van der Waals surface area contributed by atoms with Gasteiger partial charge in [0.15, 0.2) is 5.69 Å². The Labute approximate surface area is 106 Å². The molecule has 0 bridgehead atoms. The van der Waals surface area contributed by atoms with Crippen LogP contribution in [0.5, 0.6) is 5.88 Å². The summed E-state index contributed by atoms with van der Waals surface area (Å²) in [7, 11) is 0. The minimum absolute atomic E-state index is 0.0852. The van der Waals surface area contributed by atoms with Gasteiger partial charge in [-0.3, -0.25) is 0 Å². The van der Waals surface area contributed by atoms with Crippen molar-refractivity contribution in [2.75, 3.05) is 0 Å². The van der Waals surface area contributed by atoms with Gasteiger partial charge in [0.2, 0.25) is 5.88 Å². The Kier molecular flexibility index (Phi) is 2.63. The third-order valence-electron chi connectivity index (χ3n) is 3.05. The summed E-state index contributed by atoms with van der Waals surface area (Å²) in [4.78, 5) is 3.96. The molecule has 8 heteroatoms. The molecule has 0 aliphatic heterocycles. The molecule has 0 unspecified atom stereocenters. The molecule has 1 aliphatic carbocycles. The van der Waals surface area contributed by atoms with Crippen molar-refractivity contribution in [3.8, 4) is 5.88 Å². The summed E-state index contributed by atoms with van der Waals surface area (Å²) in [6.07, 6.45) is -0.496. The number of hydrogen-bond acceptors (Lipinski definition) is 4. The van der Waals surface area contributed by atoms with E-state index in [1.165, 1.54) is 12.4 Å². The molecular weight excluding hydrogens is 261 g/mol. The maximum Gasteiger partial charge on any atom is 0.435 e. The van der Waals surface area contributed by atoms with Gasteiger partial charge >= 0.3 is 6.18 Å². The standard InChI is InChI=1S/C11H11F3N4O/c12-11(13,14)9-5-8-10(16-1-2-18(8)17-9)19-7-3-6(15)4-7/h1-2,5-7H,3-4,15H2. The molecule has 1 fully saturated rings. The van der Waals surface area contributed by atoms with Crippen LogP contribution >= 0.6 is 0 Å². The van der Waals surface area contributed by atoms with E-state index in [0.717, 1.165) is 10.6 Å². The number of nitrogens with zero attached hydrogens (tertiary/aromatic N) is 3. The average molecular weight is 272 g/mol. The van der Waals surface area contributed by atoms with Gasteiger partial charge in [0.1, 0.15) is 11.6 Å². The van der Waals surface area contributed by atoms with Crippen LogP contribution in [-0.2, 0) is 6.18 Å². The molecule has 0 amide bonds. The van der Waals surface area contributed by atoms with Crippen molar-refractivity contribution in [2.45, 2.75) is 31.2 Å². The largest absolute Gasteiger partial charge is 0.473 e. The number of alkyl halides is 3. The van der Waals surface area contributed by atoms with Gasteiger partial charge in [-0.05, 0) is 12.8 Å². The zero-order valence-electron chi connectivity index (χ0n) is 9.76. The van der Waals surface area contributed by atoms with Crippen LogP contribution in [0.25, 0.3) is 5.52 Å². The summed E-state index contributed by atoms with van der Waals surface area (Å²) < 4.78 is 44.4. The van der Waals surface area contributed by atoms with Crippen molar-refractivity contribution in [2.24, 2.45) is 5.73 Å². The fourth-order valence-corrected chi connectivity index (χ4v) is 1.99. The highest BCUT2D eigenvalue weighted by atomic mass is 19.4. The topological polar surface area (TPSA) is 65.4 Å². The summed E-state index contributed by atoms with van der Waals surface area (Å²) in [6, 6.07) is 1.03. The molecule has 1 aliphatic rings. The maximum absolute atomic E-state index is 12.6. The molecule has 3 rings (SSSR count). The Hall–Kier alpha value is -1.83. The van der Waals surface area contributed by atoms with Crippen molar-refractivity contribution in [1.29, 1.82) is 0 Å². The van der Waals surface area contributed by atoms with E-state index in [1.54, 1.807) is 0 Å². The van der Waals surface area contributed by atoms with Crippen LogP contribution in [0.3, 0.4) is 0 Å². The zero-order chi connectivity index (χ0) is 13.6. The quantitative estimate of drug-likeness (QED) is 0.902. The van der Waals surface area contributed by atoms with Gasteiger partial charge in [0, 0.05) is 24.5 Å². The Morgan fingerprint density at radius 1 is 1.37 bits per heavy atom. The molecule has 5 nitrogen and oxygen atoms in total. The van der Waals surface area contributed by atoms with Crippen molar-refractivity contribution in [3.63, 3.8) is 0 Å². The van der Waals surface area contributed by atoms with Gasteiger partial charge in [0.05, 0.1) is 0 Å². The molecule has 2 aromatic heterocycles. The number of halogens is 3. The first-order chi connectivity index (χ1) is 8.93. The maximum atomic E-state index is 12.6. The van der Waals surface area contributed by atoms with Crippen LogP contribution in [0.1, 0.15) is 18.5 Å². The molecule has 19 heavy (non-hydrogen) atoms. The average Bonchev–Trinajstić information content (AvgIpc) is 2.71. The fourth-order valence-electron chi connectivity index (χ4n) is 1.99. The van der Waals surface area contributed by atoms with E-state index in [2.05, 4.69) is 10.1 Å². The molecule has 1 saturated carbocycles. The van der Waals surface area contributed by atoms with E-state index in [0.29, 0.717) is 12.8 Å². The van der Waals surface area contributed by atoms with Gasteiger partial charge in [-0.2, -0.15) is 18.3 Å². The van der Waals surface area contributed by atoms with E-state index in [1.807, 2.05) is 0 Å². The van der Waals surface area contributed by atoms with E-state index in [9.17, 15) is 13.2 Å². The summed E-state index contributed by atoms with van der Waals surface area (Å²) in [5.41, 5.74) is 4.87. The lowest BCUT2D eigenvalue weighted by molar-refractivity contribution is -0.141. The van der Waals surface area contributed by atoms with Crippen LogP contribution in [0.15, 0.2) is 18.5 Å². The molecule has 0 aromatic carbocycles. The number of hydrogen-bond donors (Lipinski definition) is 1. The van der Waals surface area contributed by atoms with Crippen molar-refractivity contribution >= 4 is 5.52 Å². The van der Waals surface area contributed by atoms with Crippen molar-refractivity contribution in [3.05, 3.63) is 24.2 Å². The first-order valence-corrected chi connectivity index (χ1v) is 5.77. The smallest absolute Gasteiger partial charge is 0.435 e. The van der Waals surface area contributed by atoms with E-state index >= 15 is 0 Å². The van der Waals surface area contributed by atoms with Crippen molar-refractivity contribution < 1.29 is 17.9 Å². The molecule has 2 N–H and O–H groups in total. The lowest BCUT2D eigenvalue weighted by Gasteiger charge is -2.32. The lowest BCUT2D eigenvalue weighted by Crippen LogP contribution is -2.43. The van der Waals surface area contributed by atoms with Gasteiger partial charge in [-0.1, -0.05) is 0 Å². The Bertz CT molecular complexity index is 603. The number of ether oxygens (including phenoxy) is 1. The minimum Gasteiger partial charge on any atom is -0.473 e. The Morgan fingerprint density at radius 2 is 2.11 bits per heavy atom. The molecule has 0 atom stereocenters. The first kappa shape index (κ1) is 12.2. The van der Waals surface area contributed by atoms with Crippen LogP contribution in [0.2, 0.25) is 0 Å². The lowest BCUT2D eigenvalue weighted by atomic mass is 9.90. The van der Waals surface area contributed by atoms with Crippen LogP contribution in [0, 0.1) is 0 Å². The highest BCUT2D eigenvalue weighted by molar-refractivity contribution is 5.57. The molecule has 102 valence electrons. The summed E-state index contributed by atoms with van der Waals surface area (Å²) >= 11 is 0. The third kappa shape index (κ3) is 2.23. The number of nitrogens with two attached hydrogens (primary N) is 1. The second-order valence-electron chi connectivity index (χ2n) is 4.56. The van der Waals surface area contributed by atoms with Crippen molar-refractivity contribution in [1.82, 2.24) is 14.6 Å². The molecule has 0 radical (unpaired) electrons. The number of fused-ring (bicyclic) bond motifs is 1. The Morgan fingerprint density at radius 3 is 2.74 bits per heavy atom. The third-order valence-corrected chi connectivity index (χ3v) is 3.05. The zero-order valence-corrected chi connectivity index (χ0v) is 9.76. The summed E-state index contributed by atoms with van der Waals surface area (Å²) in [5, 5.41) is 3.46. The van der Waals surface area contributed by atoms with E-state index < -0.39 is 11.9 Å². The predicted octanol–water partition coefficient (Wildman–Crippen LogP) is 1.62. The van der Waals surface area contributed by atoms with Gasteiger partial charge < -0.3 is 10.5 Å². The van der Waals surface area contributed by atoms with Crippen LogP contribution in [0.4, 0.5) is 13.2 Å². The van der Waals surface area contributed by atoms with Crippen LogP contribution in [-0.4, -0.2) is 26.7 Å². The highest BCUT2D eigenvalue weighted by Crippen LogP contribution is 2.32. The first-order valence-electron chi connectivity index (χ1n) is 5.77. The minimum atomic E-state index is -4.48. The number of rotatable bonds is 2. The normalized spacial score (nSPS) is 23.4. The van der Waals surface area contributed by atoms with E-state index in [4.69, 9.17) is 10.5 Å². The predicted molar refractivity (Wildman–Crippen MR) is 59.6 cm³/mol. The fraction of sp³-hybridized carbons (Fsp3) is 0.455. The second kappa shape index (κ2) is 4.09. The number of aromatic nitrogens is 3. The highest BCUT2D eigenvalue weighted by Gasteiger charge is 2.35. The Balaban J connectivity index is 1.93. The van der Waals surface area contributed by atoms with Gasteiger partial charge in [-0.15, -0.1) is 0 Å². The second-order valence-corrected chi connectivity index (χ2v) is 4.56. The molecule has 2 heterocycles. The molecule has 0 saturated heterocycles. The molecular formula is C11H11F3N4O.